The third-order valence-electron chi connectivity index (χ3n) is 8.17. The maximum atomic E-state index is 14.1. The first-order valence-corrected chi connectivity index (χ1v) is 13.2. The van der Waals surface area contributed by atoms with Gasteiger partial charge in [-0.2, -0.15) is 0 Å². The molecule has 3 aliphatic rings. The summed E-state index contributed by atoms with van der Waals surface area (Å²) in [5, 5.41) is 3.58. The normalized spacial score (nSPS) is 25.9. The number of piperazine rings is 1. The van der Waals surface area contributed by atoms with Crippen LogP contribution in [0.15, 0.2) is 30.6 Å². The van der Waals surface area contributed by atoms with Crippen molar-refractivity contribution in [3.05, 3.63) is 46.7 Å². The minimum absolute atomic E-state index is 0.00709. The van der Waals surface area contributed by atoms with Crippen LogP contribution in [0.3, 0.4) is 0 Å². The summed E-state index contributed by atoms with van der Waals surface area (Å²) in [5.41, 5.74) is 2.01. The Hall–Kier alpha value is -2.71. The average Bonchev–Trinajstić information content (AvgIpc) is 3.52. The quantitative estimate of drug-likeness (QED) is 0.637. The van der Waals surface area contributed by atoms with Gasteiger partial charge in [-0.1, -0.05) is 37.6 Å². The molecule has 1 saturated heterocycles. The summed E-state index contributed by atoms with van der Waals surface area (Å²) in [6, 6.07) is 8.38. The molecule has 36 heavy (non-hydrogen) atoms. The summed E-state index contributed by atoms with van der Waals surface area (Å²) in [7, 11) is 2.07. The Labute approximate surface area is 218 Å². The summed E-state index contributed by atoms with van der Waals surface area (Å²) >= 11 is 6.15. The minimum Gasteiger partial charge on any atom is -0.349 e. The van der Waals surface area contributed by atoms with E-state index in [1.807, 2.05) is 24.3 Å². The second kappa shape index (κ2) is 9.63. The molecule has 0 radical (unpaired) electrons. The lowest BCUT2D eigenvalue weighted by atomic mass is 9.94. The smallest absolute Gasteiger partial charge is 0.231 e. The van der Waals surface area contributed by atoms with E-state index in [2.05, 4.69) is 64.7 Å². The fourth-order valence-corrected chi connectivity index (χ4v) is 5.95. The third kappa shape index (κ3) is 4.45. The van der Waals surface area contributed by atoms with Gasteiger partial charge in [-0.3, -0.25) is 9.59 Å². The number of nitrogens with one attached hydrogen (secondary N) is 1. The second-order valence-electron chi connectivity index (χ2n) is 10.8. The third-order valence-corrected chi connectivity index (χ3v) is 8.42. The molecule has 1 aromatic heterocycles. The van der Waals surface area contributed by atoms with Gasteiger partial charge in [0.05, 0.1) is 18.0 Å². The molecule has 5 rings (SSSR count). The summed E-state index contributed by atoms with van der Waals surface area (Å²) in [5.74, 6) is 1.82. The zero-order valence-electron chi connectivity index (χ0n) is 21.6. The number of carbonyl (C=O) groups excluding carboxylic acids is 2. The Balaban J connectivity index is 1.40. The topological polar surface area (TPSA) is 81.7 Å². The van der Waals surface area contributed by atoms with Crippen molar-refractivity contribution in [3.8, 4) is 0 Å². The lowest BCUT2D eigenvalue weighted by molar-refractivity contribution is -0.134. The number of halogens is 1. The van der Waals surface area contributed by atoms with Crippen LogP contribution in [0.5, 0.6) is 0 Å². The summed E-state index contributed by atoms with van der Waals surface area (Å²) in [6.07, 6.45) is 1.96. The van der Waals surface area contributed by atoms with Crippen molar-refractivity contribution in [2.45, 2.75) is 64.1 Å². The Morgan fingerprint density at radius 3 is 2.58 bits per heavy atom. The van der Waals surface area contributed by atoms with E-state index >= 15 is 0 Å². The van der Waals surface area contributed by atoms with E-state index in [-0.39, 0.29) is 35.7 Å². The van der Waals surface area contributed by atoms with Crippen LogP contribution < -0.4 is 10.2 Å². The van der Waals surface area contributed by atoms with Gasteiger partial charge in [-0.05, 0) is 44.5 Å². The predicted octanol–water partition coefficient (Wildman–Crippen LogP) is 3.74. The maximum Gasteiger partial charge on any atom is 0.231 e. The number of amides is 2. The number of nitrogens with zero attached hydrogens (tertiary/aromatic N) is 5. The zero-order chi connectivity index (χ0) is 25.7. The van der Waals surface area contributed by atoms with Crippen molar-refractivity contribution in [2.75, 3.05) is 36.9 Å². The molecule has 8 nitrogen and oxygen atoms in total. The van der Waals surface area contributed by atoms with E-state index in [1.165, 1.54) is 6.33 Å². The second-order valence-corrected chi connectivity index (χ2v) is 11.3. The zero-order valence-corrected chi connectivity index (χ0v) is 22.4. The van der Waals surface area contributed by atoms with Gasteiger partial charge in [-0.25, -0.2) is 9.97 Å². The SMILES string of the molecule is CC(C)N(C)C[C@@H](C(=O)N1CCN(c2ncnc3c2[C@H](C)CC(=O)N3)C2C1[C@H]2C)c1ccc(Cl)cc1. The maximum absolute atomic E-state index is 14.1. The Bertz CT molecular complexity index is 1160. The molecular formula is C27H35ClN6O2. The molecule has 192 valence electrons. The first-order chi connectivity index (χ1) is 17.2. The van der Waals surface area contributed by atoms with Gasteiger partial charge in [0, 0.05) is 48.6 Å². The lowest BCUT2D eigenvalue weighted by Crippen LogP contribution is -2.51. The van der Waals surface area contributed by atoms with Crippen molar-refractivity contribution < 1.29 is 9.59 Å². The predicted molar refractivity (Wildman–Crippen MR) is 141 cm³/mol. The van der Waals surface area contributed by atoms with Crippen LogP contribution in [-0.4, -0.2) is 76.4 Å². The Kier molecular flexibility index (Phi) is 6.68. The molecule has 2 aromatic rings. The van der Waals surface area contributed by atoms with Crippen LogP contribution in [0.1, 0.15) is 57.1 Å². The lowest BCUT2D eigenvalue weighted by Gasteiger charge is -2.39. The number of anilines is 2. The number of carbonyl (C=O) groups is 2. The first kappa shape index (κ1) is 25.0. The fourth-order valence-electron chi connectivity index (χ4n) is 5.83. The van der Waals surface area contributed by atoms with Gasteiger partial charge in [-0.15, -0.1) is 0 Å². The number of likely N-dealkylation sites (N-methyl/N-ethyl adjacent to an activating group) is 1. The summed E-state index contributed by atoms with van der Waals surface area (Å²) < 4.78 is 0. The van der Waals surface area contributed by atoms with E-state index in [0.29, 0.717) is 48.9 Å². The van der Waals surface area contributed by atoms with Crippen LogP contribution in [-0.2, 0) is 9.59 Å². The molecule has 1 aliphatic carbocycles. The van der Waals surface area contributed by atoms with Crippen LogP contribution in [0.4, 0.5) is 11.6 Å². The fraction of sp³-hybridized carbons (Fsp3) is 0.556. The van der Waals surface area contributed by atoms with Gasteiger partial charge in [0.25, 0.3) is 0 Å². The highest BCUT2D eigenvalue weighted by atomic mass is 35.5. The highest BCUT2D eigenvalue weighted by Gasteiger charge is 2.59. The standard InChI is InChI=1S/C27H35ClN6O2/c1-15(2)32(5)13-20(18-6-8-19(28)9-7-18)27(36)34-11-10-33(23-17(4)24(23)34)26-22-16(3)12-21(35)31-25(22)29-14-30-26/h6-9,14-17,20,23-24H,10-13H2,1-5H3,(H,29,30,31,35)/t16-,17+,20-,23?,24?/m1/s1. The van der Waals surface area contributed by atoms with Gasteiger partial charge in [0.15, 0.2) is 0 Å². The van der Waals surface area contributed by atoms with E-state index in [4.69, 9.17) is 11.6 Å². The number of benzene rings is 1. The highest BCUT2D eigenvalue weighted by molar-refractivity contribution is 6.30. The first-order valence-electron chi connectivity index (χ1n) is 12.8. The van der Waals surface area contributed by atoms with Crippen molar-refractivity contribution in [1.82, 2.24) is 19.8 Å². The molecule has 1 aromatic carbocycles. The van der Waals surface area contributed by atoms with Crippen LogP contribution in [0.25, 0.3) is 0 Å². The van der Waals surface area contributed by atoms with Crippen LogP contribution in [0, 0.1) is 5.92 Å². The average molecular weight is 511 g/mol. The molecule has 9 heteroatoms. The van der Waals surface area contributed by atoms with Crippen molar-refractivity contribution >= 4 is 35.1 Å². The number of rotatable bonds is 6. The van der Waals surface area contributed by atoms with E-state index in [9.17, 15) is 9.59 Å². The Morgan fingerprint density at radius 2 is 1.89 bits per heavy atom. The molecule has 1 N–H and O–H groups in total. The van der Waals surface area contributed by atoms with Gasteiger partial charge in [0.2, 0.25) is 11.8 Å². The molecule has 0 spiro atoms. The number of hydrogen-bond donors (Lipinski definition) is 1. The molecule has 2 aliphatic heterocycles. The monoisotopic (exact) mass is 510 g/mol. The number of aromatic nitrogens is 2. The van der Waals surface area contributed by atoms with Gasteiger partial charge >= 0.3 is 0 Å². The highest BCUT2D eigenvalue weighted by Crippen LogP contribution is 2.48. The van der Waals surface area contributed by atoms with Crippen molar-refractivity contribution in [2.24, 2.45) is 5.92 Å². The summed E-state index contributed by atoms with van der Waals surface area (Å²) in [6.45, 7) is 10.6. The van der Waals surface area contributed by atoms with Crippen molar-refractivity contribution in [1.29, 1.82) is 0 Å². The van der Waals surface area contributed by atoms with Crippen LogP contribution in [0.2, 0.25) is 5.02 Å². The Morgan fingerprint density at radius 1 is 1.17 bits per heavy atom. The van der Waals surface area contributed by atoms with E-state index in [0.717, 1.165) is 16.9 Å². The minimum atomic E-state index is -0.253. The summed E-state index contributed by atoms with van der Waals surface area (Å²) in [4.78, 5) is 41.8. The molecule has 5 atom stereocenters. The van der Waals surface area contributed by atoms with Crippen LogP contribution >= 0.6 is 11.6 Å². The molecule has 0 bridgehead atoms. The van der Waals surface area contributed by atoms with Gasteiger partial charge < -0.3 is 20.0 Å². The van der Waals surface area contributed by atoms with E-state index in [1.54, 1.807) is 0 Å². The molecule has 1 saturated carbocycles. The molecule has 3 heterocycles. The molecule has 2 fully saturated rings. The molecule has 2 amide bonds. The number of hydrogen-bond acceptors (Lipinski definition) is 6. The largest absolute Gasteiger partial charge is 0.349 e. The molecule has 2 unspecified atom stereocenters. The van der Waals surface area contributed by atoms with E-state index < -0.39 is 0 Å². The van der Waals surface area contributed by atoms with Crippen molar-refractivity contribution in [3.63, 3.8) is 0 Å². The molecular weight excluding hydrogens is 476 g/mol. The van der Waals surface area contributed by atoms with Gasteiger partial charge in [0.1, 0.15) is 18.0 Å². The number of fused-ring (bicyclic) bond motifs is 2.